The number of fused-ring (bicyclic) bond motifs is 9. The predicted molar refractivity (Wildman–Crippen MR) is 553 cm³/mol. The number of para-hydroxylation sites is 2. The Labute approximate surface area is 832 Å². The zero-order valence-corrected chi connectivity index (χ0v) is 82.5. The van der Waals surface area contributed by atoms with Gasteiger partial charge in [0.1, 0.15) is 69.9 Å². The normalized spacial score (nSPS) is 11.9. The largest absolute Gasteiger partial charge is 0.416 e. The van der Waals surface area contributed by atoms with E-state index in [9.17, 15) is 39.5 Å². The molecule has 0 spiro atoms. The van der Waals surface area contributed by atoms with Crippen LogP contribution in [0.4, 0.5) is 39.5 Å². The summed E-state index contributed by atoms with van der Waals surface area (Å²) in [5, 5.41) is 5.78. The smallest absolute Gasteiger partial charge is 0.309 e. The van der Waals surface area contributed by atoms with Crippen LogP contribution in [0.1, 0.15) is 114 Å². The molecule has 0 aliphatic carbocycles. The molecule has 0 amide bonds. The van der Waals surface area contributed by atoms with E-state index in [0.29, 0.717) is 183 Å². The molecule has 0 aliphatic rings. The molecule has 22 rings (SSSR count). The van der Waals surface area contributed by atoms with Crippen molar-refractivity contribution in [1.82, 2.24) is 103 Å². The van der Waals surface area contributed by atoms with E-state index in [1.165, 1.54) is 45.2 Å². The highest BCUT2D eigenvalue weighted by Gasteiger charge is 2.35. The Balaban J connectivity index is 0.000000135. The Hall–Kier alpha value is -17.3. The lowest BCUT2D eigenvalue weighted by atomic mass is 9.98. The zero-order valence-electron chi connectivity index (χ0n) is 82.5. The Morgan fingerprint density at radius 1 is 0.164 bits per heavy atom. The Morgan fingerprint density at radius 3 is 0.678 bits per heavy atom. The molecule has 21 nitrogen and oxygen atoms in total. The van der Waals surface area contributed by atoms with Gasteiger partial charge in [-0.2, -0.15) is 39.5 Å². The van der Waals surface area contributed by atoms with E-state index >= 15 is 0 Å². The number of nitrogens with zero attached hydrogens (tertiary/aromatic N) is 21. The first-order chi connectivity index (χ1) is 69.6. The van der Waals surface area contributed by atoms with Gasteiger partial charge in [0.25, 0.3) is 0 Å². The highest BCUT2D eigenvalue weighted by Crippen LogP contribution is 2.47. The molecule has 724 valence electrons. The molecule has 13 aromatic carbocycles. The molecular formula is C116H92F9N21. The second-order valence-corrected chi connectivity index (χ2v) is 36.8. The minimum atomic E-state index is -4.55. The zero-order chi connectivity index (χ0) is 103. The van der Waals surface area contributed by atoms with E-state index in [0.717, 1.165) is 102 Å². The minimum Gasteiger partial charge on any atom is -0.309 e. The van der Waals surface area contributed by atoms with Gasteiger partial charge < -0.3 is 13.7 Å². The maximum atomic E-state index is 14.0. The molecule has 0 N–H and O–H groups in total. The van der Waals surface area contributed by atoms with Gasteiger partial charge in [-0.15, -0.1) is 0 Å². The standard InChI is InChI=1S/C44H33F6N7.C36H28F3N7.C36H31N7/c1-22-13-31(17-33(15-22)43(45,46)47)28-7-10-35-36-11-8-29(32-14-23(2)16-34(18-32)44(48,49)50)21-40(36)57(39(35)20-28)38-12-9-30(41-53-24(3)51-25(4)54-41)19-37(38)42-55-26(5)52-27(6)56-42;1-19-14-26(16-27(15-19)36(37,38)39)24-10-12-32-29(17-24)28-8-6-7-9-31(28)46(32)33-13-11-25(34-42-20(2)40-21(3)43-34)18-30(33)35-44-22(4)41-23(5)45-35;1-20-15-21(2)17-28(16-20)26-11-13-30-29-9-7-8-10-32(29)43(34(30)19-26)33-14-12-27(35-39-22(3)37-23(4)40-35)18-31(33)36-41-24(5)38-25(6)42-36/h7-21H,1-6H3;6-18H,1-5H3;7-19H,1-6H3. The Morgan fingerprint density at radius 2 is 0.384 bits per heavy atom. The SMILES string of the molecule is Cc1cc(-c2ccc3c(c2)c2ccccc2n3-c2ccc(-c3nc(C)nc(C)n3)cc2-c2nc(C)nc(C)n2)cc(C(F)(F)F)c1.Cc1cc(-c2ccc3c4ccc(-c5cc(C)cc(C(F)(F)F)c5)cc4n(-c4ccc(-c5nc(C)nc(C)n5)cc4-c4nc(C)nc(C)n4)c3c2)cc(C(F)(F)F)c1.Cc1cc(C)cc(-c2ccc3c4ccccc4n(-c4ccc(-c5nc(C)nc(C)n5)cc4-c4nc(C)nc(C)n4)c3c2)c1. The van der Waals surface area contributed by atoms with Crippen molar-refractivity contribution in [3.05, 3.63) is 363 Å². The van der Waals surface area contributed by atoms with Crippen LogP contribution in [0.3, 0.4) is 0 Å². The number of aryl methyl sites for hydroxylation is 17. The molecule has 0 aliphatic heterocycles. The second-order valence-electron chi connectivity index (χ2n) is 36.8. The lowest BCUT2D eigenvalue weighted by molar-refractivity contribution is -0.138. The van der Waals surface area contributed by atoms with Crippen LogP contribution >= 0.6 is 0 Å². The minimum absolute atomic E-state index is 0.351. The summed E-state index contributed by atoms with van der Waals surface area (Å²) in [6, 6.07) is 76.6. The average Bonchev–Trinajstić information content (AvgIpc) is 1.59. The van der Waals surface area contributed by atoms with Crippen LogP contribution in [-0.4, -0.2) is 103 Å². The summed E-state index contributed by atoms with van der Waals surface area (Å²) in [5.74, 6) is 10.2. The van der Waals surface area contributed by atoms with Crippen LogP contribution in [0.2, 0.25) is 0 Å². The number of hydrogen-bond donors (Lipinski definition) is 0. The Kier molecular flexibility index (Phi) is 24.7. The van der Waals surface area contributed by atoms with Crippen molar-refractivity contribution in [2.24, 2.45) is 0 Å². The predicted octanol–water partition coefficient (Wildman–Crippen LogP) is 28.4. The van der Waals surface area contributed by atoms with E-state index in [-0.39, 0.29) is 0 Å². The van der Waals surface area contributed by atoms with Crippen molar-refractivity contribution < 1.29 is 39.5 Å². The summed E-state index contributed by atoms with van der Waals surface area (Å²) >= 11 is 0. The molecule has 9 heterocycles. The molecule has 0 unspecified atom stereocenters. The number of benzene rings is 13. The summed E-state index contributed by atoms with van der Waals surface area (Å²) in [6.45, 7) is 31.2. The molecule has 0 bridgehead atoms. The van der Waals surface area contributed by atoms with Crippen molar-refractivity contribution in [3.63, 3.8) is 0 Å². The van der Waals surface area contributed by atoms with Crippen LogP contribution < -0.4 is 0 Å². The molecule has 30 heteroatoms. The van der Waals surface area contributed by atoms with Crippen molar-refractivity contribution in [3.8, 4) is 130 Å². The average molecular weight is 1950 g/mol. The van der Waals surface area contributed by atoms with E-state index in [1.54, 1.807) is 78.8 Å². The monoisotopic (exact) mass is 1950 g/mol. The quantitative estimate of drug-likeness (QED) is 0.0973. The second kappa shape index (κ2) is 37.5. The fourth-order valence-corrected chi connectivity index (χ4v) is 19.5. The molecule has 146 heavy (non-hydrogen) atoms. The highest BCUT2D eigenvalue weighted by molar-refractivity contribution is 6.14. The molecule has 0 saturated heterocycles. The number of rotatable bonds is 13. The van der Waals surface area contributed by atoms with Crippen LogP contribution in [0.15, 0.2) is 249 Å². The molecule has 9 aromatic heterocycles. The molecule has 22 aromatic rings. The first-order valence-electron chi connectivity index (χ1n) is 47.0. The van der Waals surface area contributed by atoms with E-state index in [4.69, 9.17) is 29.9 Å². The Bertz CT molecular complexity index is 8830. The van der Waals surface area contributed by atoms with Gasteiger partial charge >= 0.3 is 18.5 Å². The van der Waals surface area contributed by atoms with Gasteiger partial charge in [0, 0.05) is 65.7 Å². The molecule has 0 saturated carbocycles. The number of aromatic nitrogens is 21. The van der Waals surface area contributed by atoms with E-state index < -0.39 is 35.2 Å². The number of halogens is 9. The van der Waals surface area contributed by atoms with Gasteiger partial charge in [0.15, 0.2) is 34.9 Å². The van der Waals surface area contributed by atoms with Crippen LogP contribution in [0.5, 0.6) is 0 Å². The summed E-state index contributed by atoms with van der Waals surface area (Å²) in [6.07, 6.45) is -13.5. The van der Waals surface area contributed by atoms with E-state index in [2.05, 4.69) is 162 Å². The lowest BCUT2D eigenvalue weighted by Crippen LogP contribution is -2.05. The maximum Gasteiger partial charge on any atom is 0.416 e. The molecule has 0 fully saturated rings. The first-order valence-corrected chi connectivity index (χ1v) is 47.0. The molecule has 0 atom stereocenters. The maximum absolute atomic E-state index is 14.0. The third-order valence-corrected chi connectivity index (χ3v) is 25.2. The van der Waals surface area contributed by atoms with Gasteiger partial charge in [-0.1, -0.05) is 126 Å². The first kappa shape index (κ1) is 96.2. The van der Waals surface area contributed by atoms with Gasteiger partial charge in [-0.05, 0) is 312 Å². The highest BCUT2D eigenvalue weighted by atomic mass is 19.4. The van der Waals surface area contributed by atoms with Crippen molar-refractivity contribution in [2.45, 2.75) is 136 Å². The summed E-state index contributed by atoms with van der Waals surface area (Å²) in [7, 11) is 0. The van der Waals surface area contributed by atoms with Crippen LogP contribution in [0, 0.1) is 118 Å². The third-order valence-electron chi connectivity index (χ3n) is 25.2. The van der Waals surface area contributed by atoms with Crippen LogP contribution in [-0.2, 0) is 18.5 Å². The fourth-order valence-electron chi connectivity index (χ4n) is 19.5. The molecular weight excluding hydrogens is 1860 g/mol. The summed E-state index contributed by atoms with van der Waals surface area (Å²) in [5.41, 5.74) is 19.4. The van der Waals surface area contributed by atoms with Gasteiger partial charge in [-0.3, -0.25) is 0 Å². The van der Waals surface area contributed by atoms with Crippen molar-refractivity contribution in [2.75, 3.05) is 0 Å². The van der Waals surface area contributed by atoms with Gasteiger partial charge in [-0.25, -0.2) is 89.7 Å². The summed E-state index contributed by atoms with van der Waals surface area (Å²) < 4.78 is 132. The van der Waals surface area contributed by atoms with Crippen molar-refractivity contribution in [1.29, 1.82) is 0 Å². The molecule has 0 radical (unpaired) electrons. The lowest BCUT2D eigenvalue weighted by Gasteiger charge is -2.16. The van der Waals surface area contributed by atoms with Crippen LogP contribution in [0.25, 0.3) is 195 Å². The van der Waals surface area contributed by atoms with Gasteiger partial charge in [0.2, 0.25) is 0 Å². The number of alkyl halides is 9. The van der Waals surface area contributed by atoms with Crippen molar-refractivity contribution >= 4 is 65.4 Å². The number of hydrogen-bond acceptors (Lipinski definition) is 18. The topological polar surface area (TPSA) is 247 Å². The van der Waals surface area contributed by atoms with E-state index in [1.807, 2.05) is 163 Å². The van der Waals surface area contributed by atoms with Gasteiger partial charge in [0.05, 0.1) is 66.9 Å². The fraction of sp³-hybridized carbons (Fsp3) is 0.172. The third kappa shape index (κ3) is 19.3. The summed E-state index contributed by atoms with van der Waals surface area (Å²) in [4.78, 5) is 82.3.